The lowest BCUT2D eigenvalue weighted by Gasteiger charge is -2.43. The van der Waals surface area contributed by atoms with Crippen LogP contribution in [0.3, 0.4) is 0 Å². The van der Waals surface area contributed by atoms with Gasteiger partial charge in [0.15, 0.2) is 0 Å². The van der Waals surface area contributed by atoms with Crippen LogP contribution in [-0.4, -0.2) is 83.4 Å². The normalized spacial score (nSPS) is 22.0. The van der Waals surface area contributed by atoms with E-state index in [0.717, 1.165) is 32.5 Å². The highest BCUT2D eigenvalue weighted by atomic mass is 16.5. The largest absolute Gasteiger partial charge is 0.481 e. The van der Waals surface area contributed by atoms with Crippen molar-refractivity contribution in [2.24, 2.45) is 0 Å². The smallest absolute Gasteiger partial charge is 0.272 e. The number of ether oxygens (including phenoxy) is 1. The minimum atomic E-state index is -0.0812. The molecule has 0 spiro atoms. The second-order valence-electron chi connectivity index (χ2n) is 7.18. The Bertz CT molecular complexity index is 656. The summed E-state index contributed by atoms with van der Waals surface area (Å²) in [7, 11) is 1.54. The third kappa shape index (κ3) is 3.82. The van der Waals surface area contributed by atoms with Gasteiger partial charge in [0.05, 0.1) is 13.2 Å². The standard InChI is InChI=1S/C19H28N4O3/c1-14(2)23-9-5-7-16(19(23)25)21-10-12-22(13-11-21)18(24)15-6-4-8-17(20-15)26-3/h4,6,8,14,16H,5,7,9-13H2,1-3H3/t16-/m0/s1. The number of pyridine rings is 1. The molecule has 0 unspecified atom stereocenters. The summed E-state index contributed by atoms with van der Waals surface area (Å²) >= 11 is 0. The molecule has 7 heteroatoms. The van der Waals surface area contributed by atoms with Crippen LogP contribution in [0.2, 0.25) is 0 Å². The molecule has 0 saturated carbocycles. The van der Waals surface area contributed by atoms with Crippen LogP contribution in [0, 0.1) is 0 Å². The Kier molecular flexibility index (Phi) is 5.76. The Labute approximate surface area is 154 Å². The van der Waals surface area contributed by atoms with Crippen molar-refractivity contribution in [3.05, 3.63) is 23.9 Å². The van der Waals surface area contributed by atoms with Gasteiger partial charge in [0.2, 0.25) is 11.8 Å². The molecule has 1 atom stereocenters. The Morgan fingerprint density at radius 1 is 1.19 bits per heavy atom. The summed E-state index contributed by atoms with van der Waals surface area (Å²) in [4.78, 5) is 35.7. The van der Waals surface area contributed by atoms with Crippen molar-refractivity contribution in [1.29, 1.82) is 0 Å². The van der Waals surface area contributed by atoms with E-state index in [-0.39, 0.29) is 23.9 Å². The van der Waals surface area contributed by atoms with E-state index in [1.54, 1.807) is 18.2 Å². The summed E-state index contributed by atoms with van der Waals surface area (Å²) < 4.78 is 5.10. The number of carbonyl (C=O) groups is 2. The highest BCUT2D eigenvalue weighted by Crippen LogP contribution is 2.21. The van der Waals surface area contributed by atoms with Crippen LogP contribution < -0.4 is 4.74 Å². The van der Waals surface area contributed by atoms with E-state index in [1.807, 2.05) is 9.80 Å². The molecule has 2 fully saturated rings. The van der Waals surface area contributed by atoms with Gasteiger partial charge in [-0.2, -0.15) is 0 Å². The first kappa shape index (κ1) is 18.6. The van der Waals surface area contributed by atoms with Gasteiger partial charge in [-0.05, 0) is 32.8 Å². The quantitative estimate of drug-likeness (QED) is 0.808. The van der Waals surface area contributed by atoms with Crippen LogP contribution in [0.1, 0.15) is 37.2 Å². The number of piperidine rings is 1. The second kappa shape index (κ2) is 8.03. The van der Waals surface area contributed by atoms with E-state index >= 15 is 0 Å². The summed E-state index contributed by atoms with van der Waals surface area (Å²) in [5.41, 5.74) is 0.400. The zero-order valence-electron chi connectivity index (χ0n) is 15.9. The first-order chi connectivity index (χ1) is 12.5. The number of aromatic nitrogens is 1. The molecule has 0 aromatic carbocycles. The number of rotatable bonds is 4. The Morgan fingerprint density at radius 2 is 1.92 bits per heavy atom. The lowest BCUT2D eigenvalue weighted by Crippen LogP contribution is -2.59. The zero-order chi connectivity index (χ0) is 18.7. The van der Waals surface area contributed by atoms with Gasteiger partial charge >= 0.3 is 0 Å². The number of piperazine rings is 1. The van der Waals surface area contributed by atoms with Crippen LogP contribution in [0.4, 0.5) is 0 Å². The molecule has 7 nitrogen and oxygen atoms in total. The fourth-order valence-electron chi connectivity index (χ4n) is 3.78. The molecular formula is C19H28N4O3. The topological polar surface area (TPSA) is 66.0 Å². The summed E-state index contributed by atoms with van der Waals surface area (Å²) in [5.74, 6) is 0.596. The van der Waals surface area contributed by atoms with Gasteiger partial charge in [-0.3, -0.25) is 14.5 Å². The molecule has 1 aromatic rings. The predicted molar refractivity (Wildman–Crippen MR) is 98.1 cm³/mol. The van der Waals surface area contributed by atoms with Crippen molar-refractivity contribution in [2.75, 3.05) is 39.8 Å². The first-order valence-electron chi connectivity index (χ1n) is 9.36. The monoisotopic (exact) mass is 360 g/mol. The molecule has 0 aliphatic carbocycles. The lowest BCUT2D eigenvalue weighted by molar-refractivity contribution is -0.142. The molecular weight excluding hydrogens is 332 g/mol. The van der Waals surface area contributed by atoms with Crippen molar-refractivity contribution < 1.29 is 14.3 Å². The number of nitrogens with zero attached hydrogens (tertiary/aromatic N) is 4. The molecule has 0 radical (unpaired) electrons. The van der Waals surface area contributed by atoms with Crippen molar-refractivity contribution in [3.8, 4) is 5.88 Å². The number of likely N-dealkylation sites (tertiary alicyclic amines) is 1. The van der Waals surface area contributed by atoms with E-state index in [2.05, 4.69) is 23.7 Å². The average Bonchev–Trinajstić information content (AvgIpc) is 2.67. The summed E-state index contributed by atoms with van der Waals surface area (Å²) in [5, 5.41) is 0. The maximum atomic E-state index is 12.8. The maximum Gasteiger partial charge on any atom is 0.272 e. The van der Waals surface area contributed by atoms with E-state index in [4.69, 9.17) is 4.74 Å². The molecule has 0 bridgehead atoms. The Morgan fingerprint density at radius 3 is 2.58 bits per heavy atom. The average molecular weight is 360 g/mol. The van der Waals surface area contributed by atoms with Gasteiger partial charge in [0.1, 0.15) is 5.69 Å². The third-order valence-electron chi connectivity index (χ3n) is 5.26. The van der Waals surface area contributed by atoms with E-state index in [0.29, 0.717) is 24.7 Å². The molecule has 3 rings (SSSR count). The molecule has 2 amide bonds. The minimum Gasteiger partial charge on any atom is -0.481 e. The van der Waals surface area contributed by atoms with Crippen molar-refractivity contribution in [2.45, 2.75) is 38.8 Å². The first-order valence-corrected chi connectivity index (χ1v) is 9.36. The summed E-state index contributed by atoms with van der Waals surface area (Å²) in [6, 6.07) is 5.41. The van der Waals surface area contributed by atoms with E-state index in [9.17, 15) is 9.59 Å². The predicted octanol–water partition coefficient (Wildman–Crippen LogP) is 1.25. The minimum absolute atomic E-state index is 0.0432. The van der Waals surface area contributed by atoms with Crippen LogP contribution in [0.25, 0.3) is 0 Å². The highest BCUT2D eigenvalue weighted by Gasteiger charge is 2.36. The molecule has 2 aliphatic rings. The van der Waals surface area contributed by atoms with Crippen molar-refractivity contribution >= 4 is 11.8 Å². The van der Waals surface area contributed by atoms with Crippen LogP contribution in [-0.2, 0) is 4.79 Å². The van der Waals surface area contributed by atoms with E-state index in [1.165, 1.54) is 7.11 Å². The van der Waals surface area contributed by atoms with Gasteiger partial charge in [-0.25, -0.2) is 4.98 Å². The molecule has 2 saturated heterocycles. The highest BCUT2D eigenvalue weighted by molar-refractivity contribution is 5.92. The number of hydrogen-bond acceptors (Lipinski definition) is 5. The van der Waals surface area contributed by atoms with Gasteiger partial charge in [-0.1, -0.05) is 6.07 Å². The number of carbonyl (C=O) groups excluding carboxylic acids is 2. The molecule has 0 N–H and O–H groups in total. The Balaban J connectivity index is 1.60. The zero-order valence-corrected chi connectivity index (χ0v) is 15.9. The number of methoxy groups -OCH3 is 1. The van der Waals surface area contributed by atoms with Crippen LogP contribution >= 0.6 is 0 Å². The SMILES string of the molecule is COc1cccc(C(=O)N2CCN([C@H]3CCCN(C(C)C)C3=O)CC2)n1. The fraction of sp³-hybridized carbons (Fsp3) is 0.632. The maximum absolute atomic E-state index is 12.8. The van der Waals surface area contributed by atoms with Gasteiger partial charge in [0, 0.05) is 44.8 Å². The lowest BCUT2D eigenvalue weighted by atomic mass is 10.0. The third-order valence-corrected chi connectivity index (χ3v) is 5.26. The molecule has 1 aromatic heterocycles. The number of hydrogen-bond donors (Lipinski definition) is 0. The number of amides is 2. The van der Waals surface area contributed by atoms with Crippen molar-refractivity contribution in [3.63, 3.8) is 0 Å². The summed E-state index contributed by atoms with van der Waals surface area (Å²) in [6.45, 7) is 7.66. The van der Waals surface area contributed by atoms with Gasteiger partial charge in [-0.15, -0.1) is 0 Å². The summed E-state index contributed by atoms with van der Waals surface area (Å²) in [6.07, 6.45) is 1.95. The van der Waals surface area contributed by atoms with Crippen LogP contribution in [0.5, 0.6) is 5.88 Å². The van der Waals surface area contributed by atoms with Gasteiger partial charge < -0.3 is 14.5 Å². The van der Waals surface area contributed by atoms with Crippen LogP contribution in [0.15, 0.2) is 18.2 Å². The molecule has 3 heterocycles. The Hall–Kier alpha value is -2.15. The molecule has 2 aliphatic heterocycles. The molecule has 26 heavy (non-hydrogen) atoms. The van der Waals surface area contributed by atoms with E-state index < -0.39 is 0 Å². The molecule has 142 valence electrons. The van der Waals surface area contributed by atoms with Gasteiger partial charge in [0.25, 0.3) is 5.91 Å². The van der Waals surface area contributed by atoms with Crippen molar-refractivity contribution in [1.82, 2.24) is 19.7 Å². The second-order valence-corrected chi connectivity index (χ2v) is 7.18. The fourth-order valence-corrected chi connectivity index (χ4v) is 3.78.